The summed E-state index contributed by atoms with van der Waals surface area (Å²) >= 11 is 1.04. The molecule has 2 saturated heterocycles. The molecule has 26 heavy (non-hydrogen) atoms. The lowest BCUT2D eigenvalue weighted by Gasteiger charge is -2.35. The minimum Gasteiger partial charge on any atom is -0.493 e. The van der Waals surface area contributed by atoms with Crippen LogP contribution in [0.5, 0.6) is 11.5 Å². The molecule has 1 aromatic carbocycles. The number of thioether (sulfide) groups is 1. The number of rotatable bonds is 4. The number of ether oxygens (including phenoxy) is 2. The number of imide groups is 1. The summed E-state index contributed by atoms with van der Waals surface area (Å²) < 4.78 is 10.6. The van der Waals surface area contributed by atoms with Gasteiger partial charge in [0, 0.05) is 19.1 Å². The van der Waals surface area contributed by atoms with Crippen LogP contribution >= 0.6 is 11.8 Å². The largest absolute Gasteiger partial charge is 0.493 e. The molecule has 2 aliphatic heterocycles. The number of carbonyl (C=O) groups is 3. The predicted molar refractivity (Wildman–Crippen MR) is 97.9 cm³/mol. The van der Waals surface area contributed by atoms with Gasteiger partial charge in [-0.1, -0.05) is 17.8 Å². The summed E-state index contributed by atoms with van der Waals surface area (Å²) in [4.78, 5) is 39.2. The quantitative estimate of drug-likeness (QED) is 0.864. The zero-order valence-electron chi connectivity index (χ0n) is 14.7. The van der Waals surface area contributed by atoms with E-state index in [1.54, 1.807) is 23.1 Å². The zero-order valence-corrected chi connectivity index (χ0v) is 15.5. The van der Waals surface area contributed by atoms with Gasteiger partial charge < -0.3 is 19.7 Å². The number of benzene rings is 1. The SMILES string of the molecule is COc1cccc(NC(=O)N2CCC(N3C(=O)CSC3=O)CC2)c1OC. The van der Waals surface area contributed by atoms with Gasteiger partial charge in [-0.3, -0.25) is 14.5 Å². The summed E-state index contributed by atoms with van der Waals surface area (Å²) in [6.45, 7) is 0.953. The second-order valence-corrected chi connectivity index (χ2v) is 6.93. The molecule has 0 atom stereocenters. The highest BCUT2D eigenvalue weighted by molar-refractivity contribution is 8.14. The molecule has 2 fully saturated rings. The standard InChI is InChI=1S/C17H21N3O5S/c1-24-13-5-3-4-12(15(13)25-2)18-16(22)19-8-6-11(7-9-19)20-14(21)10-26-17(20)23/h3-5,11H,6-10H2,1-2H3,(H,18,22). The summed E-state index contributed by atoms with van der Waals surface area (Å²) in [6.07, 6.45) is 1.17. The Morgan fingerprint density at radius 2 is 1.92 bits per heavy atom. The highest BCUT2D eigenvalue weighted by atomic mass is 32.2. The first-order valence-corrected chi connectivity index (χ1v) is 9.29. The third-order valence-electron chi connectivity index (χ3n) is 4.55. The Morgan fingerprint density at radius 3 is 2.50 bits per heavy atom. The fourth-order valence-electron chi connectivity index (χ4n) is 3.22. The topological polar surface area (TPSA) is 88.2 Å². The minimum atomic E-state index is -0.247. The van der Waals surface area contributed by atoms with Crippen LogP contribution < -0.4 is 14.8 Å². The van der Waals surface area contributed by atoms with Gasteiger partial charge >= 0.3 is 6.03 Å². The number of nitrogens with zero attached hydrogens (tertiary/aromatic N) is 2. The summed E-state index contributed by atoms with van der Waals surface area (Å²) in [5, 5.41) is 2.66. The van der Waals surface area contributed by atoms with Crippen molar-refractivity contribution in [1.82, 2.24) is 9.80 Å². The van der Waals surface area contributed by atoms with Gasteiger partial charge in [-0.15, -0.1) is 0 Å². The van der Waals surface area contributed by atoms with Gasteiger partial charge in [-0.05, 0) is 25.0 Å². The van der Waals surface area contributed by atoms with Crippen LogP contribution in [0.15, 0.2) is 18.2 Å². The van der Waals surface area contributed by atoms with E-state index in [0.29, 0.717) is 43.1 Å². The number of piperidine rings is 1. The Hall–Kier alpha value is -2.42. The van der Waals surface area contributed by atoms with E-state index < -0.39 is 0 Å². The van der Waals surface area contributed by atoms with Crippen molar-refractivity contribution in [2.75, 3.05) is 38.4 Å². The highest BCUT2D eigenvalue weighted by Crippen LogP contribution is 2.35. The second-order valence-electron chi connectivity index (χ2n) is 6.01. The molecule has 1 N–H and O–H groups in total. The maximum Gasteiger partial charge on any atom is 0.321 e. The normalized spacial score (nSPS) is 18.2. The van der Waals surface area contributed by atoms with Crippen molar-refractivity contribution in [3.63, 3.8) is 0 Å². The van der Waals surface area contributed by atoms with Crippen molar-refractivity contribution < 1.29 is 23.9 Å². The molecular weight excluding hydrogens is 358 g/mol. The van der Waals surface area contributed by atoms with Crippen LogP contribution in [0, 0.1) is 0 Å². The Balaban J connectivity index is 1.61. The van der Waals surface area contributed by atoms with E-state index >= 15 is 0 Å². The molecule has 4 amide bonds. The first-order chi connectivity index (χ1) is 12.5. The third-order valence-corrected chi connectivity index (χ3v) is 5.38. The van der Waals surface area contributed by atoms with Gasteiger partial charge in [0.25, 0.3) is 5.24 Å². The molecule has 2 aliphatic rings. The molecule has 1 aromatic rings. The molecule has 0 spiro atoms. The van der Waals surface area contributed by atoms with Crippen molar-refractivity contribution in [1.29, 1.82) is 0 Å². The maximum absolute atomic E-state index is 12.6. The Morgan fingerprint density at radius 1 is 1.19 bits per heavy atom. The van der Waals surface area contributed by atoms with Crippen LogP contribution in [-0.2, 0) is 4.79 Å². The number of hydrogen-bond donors (Lipinski definition) is 1. The number of methoxy groups -OCH3 is 2. The summed E-state index contributed by atoms with van der Waals surface area (Å²) in [5.41, 5.74) is 0.528. The monoisotopic (exact) mass is 379 g/mol. The van der Waals surface area contributed by atoms with E-state index in [1.807, 2.05) is 0 Å². The second kappa shape index (κ2) is 7.86. The van der Waals surface area contributed by atoms with Crippen molar-refractivity contribution in [2.45, 2.75) is 18.9 Å². The Kier molecular flexibility index (Phi) is 5.55. The molecule has 0 bridgehead atoms. The fraction of sp³-hybridized carbons (Fsp3) is 0.471. The van der Waals surface area contributed by atoms with Crippen LogP contribution in [0.1, 0.15) is 12.8 Å². The Labute approximate surface area is 155 Å². The van der Waals surface area contributed by atoms with Crippen LogP contribution in [0.4, 0.5) is 15.3 Å². The molecule has 140 valence electrons. The summed E-state index contributed by atoms with van der Waals surface area (Å²) in [5.74, 6) is 1.08. The highest BCUT2D eigenvalue weighted by Gasteiger charge is 2.38. The average Bonchev–Trinajstić information content (AvgIpc) is 2.99. The number of likely N-dealkylation sites (tertiary alicyclic amines) is 1. The van der Waals surface area contributed by atoms with E-state index in [0.717, 1.165) is 11.8 Å². The van der Waals surface area contributed by atoms with E-state index in [-0.39, 0.29) is 29.0 Å². The number of nitrogens with one attached hydrogen (secondary N) is 1. The lowest BCUT2D eigenvalue weighted by molar-refractivity contribution is -0.126. The molecule has 9 heteroatoms. The first-order valence-electron chi connectivity index (χ1n) is 8.31. The molecule has 8 nitrogen and oxygen atoms in total. The van der Waals surface area contributed by atoms with Gasteiger partial charge in [-0.25, -0.2) is 4.79 Å². The molecule has 0 saturated carbocycles. The number of carbonyl (C=O) groups excluding carboxylic acids is 3. The molecular formula is C17H21N3O5S. The van der Waals surface area contributed by atoms with Crippen molar-refractivity contribution >= 4 is 34.6 Å². The lowest BCUT2D eigenvalue weighted by atomic mass is 10.0. The number of para-hydroxylation sites is 1. The van der Waals surface area contributed by atoms with Gasteiger partial charge in [-0.2, -0.15) is 0 Å². The van der Waals surface area contributed by atoms with E-state index in [2.05, 4.69) is 5.32 Å². The van der Waals surface area contributed by atoms with E-state index in [4.69, 9.17) is 9.47 Å². The lowest BCUT2D eigenvalue weighted by Crippen LogP contribution is -2.49. The third kappa shape index (κ3) is 3.57. The number of urea groups is 1. The summed E-state index contributed by atoms with van der Waals surface area (Å²) in [7, 11) is 3.05. The van der Waals surface area contributed by atoms with Crippen LogP contribution in [-0.4, -0.2) is 66.1 Å². The van der Waals surface area contributed by atoms with E-state index in [1.165, 1.54) is 19.1 Å². The van der Waals surface area contributed by atoms with Crippen molar-refractivity contribution in [3.8, 4) is 11.5 Å². The molecule has 0 unspecified atom stereocenters. The average molecular weight is 379 g/mol. The number of hydrogen-bond acceptors (Lipinski definition) is 6. The molecule has 0 aromatic heterocycles. The maximum atomic E-state index is 12.6. The zero-order chi connectivity index (χ0) is 18.7. The fourth-order valence-corrected chi connectivity index (χ4v) is 4.00. The van der Waals surface area contributed by atoms with Crippen LogP contribution in [0.3, 0.4) is 0 Å². The molecule has 3 rings (SSSR count). The van der Waals surface area contributed by atoms with Crippen molar-refractivity contribution in [2.24, 2.45) is 0 Å². The Bertz CT molecular complexity index is 702. The summed E-state index contributed by atoms with van der Waals surface area (Å²) in [6, 6.07) is 4.89. The van der Waals surface area contributed by atoms with Gasteiger partial charge in [0.2, 0.25) is 5.91 Å². The first kappa shape index (κ1) is 18.4. The van der Waals surface area contributed by atoms with Crippen molar-refractivity contribution in [3.05, 3.63) is 18.2 Å². The number of amides is 4. The van der Waals surface area contributed by atoms with Gasteiger partial charge in [0.05, 0.1) is 25.7 Å². The minimum absolute atomic E-state index is 0.125. The number of anilines is 1. The smallest absolute Gasteiger partial charge is 0.321 e. The van der Waals surface area contributed by atoms with E-state index in [9.17, 15) is 14.4 Å². The van der Waals surface area contributed by atoms with Gasteiger partial charge in [0.1, 0.15) is 0 Å². The molecule has 2 heterocycles. The predicted octanol–water partition coefficient (Wildman–Crippen LogP) is 2.40. The van der Waals surface area contributed by atoms with Crippen LogP contribution in [0.25, 0.3) is 0 Å². The molecule has 0 aliphatic carbocycles. The van der Waals surface area contributed by atoms with Gasteiger partial charge in [0.15, 0.2) is 11.5 Å². The molecule has 0 radical (unpaired) electrons. The van der Waals surface area contributed by atoms with Crippen LogP contribution in [0.2, 0.25) is 0 Å².